The molecule has 128 valence electrons. The Morgan fingerprint density at radius 1 is 1.25 bits per heavy atom. The molecule has 3 nitrogen and oxygen atoms in total. The number of aryl methyl sites for hydroxylation is 2. The van der Waals surface area contributed by atoms with Crippen LogP contribution < -0.4 is 4.74 Å². The normalized spacial score (nSPS) is 17.5. The predicted molar refractivity (Wildman–Crippen MR) is 92.8 cm³/mol. The molecule has 24 heavy (non-hydrogen) atoms. The molecule has 0 saturated heterocycles. The van der Waals surface area contributed by atoms with Crippen molar-refractivity contribution in [2.75, 3.05) is 7.11 Å². The van der Waals surface area contributed by atoms with Gasteiger partial charge in [0.1, 0.15) is 5.82 Å². The minimum Gasteiger partial charge on any atom is -0.494 e. The Hall–Kier alpha value is -1.84. The Labute approximate surface area is 142 Å². The maximum Gasteiger partial charge on any atom is 0.165 e. The molecule has 2 fully saturated rings. The molecule has 0 amide bonds. The minimum absolute atomic E-state index is 0.292. The van der Waals surface area contributed by atoms with Crippen LogP contribution in [0.15, 0.2) is 18.3 Å². The monoisotopic (exact) mass is 328 g/mol. The van der Waals surface area contributed by atoms with Crippen molar-refractivity contribution in [1.82, 2.24) is 9.55 Å². The molecule has 1 heterocycles. The largest absolute Gasteiger partial charge is 0.494 e. The summed E-state index contributed by atoms with van der Waals surface area (Å²) in [7, 11) is 1.50. The van der Waals surface area contributed by atoms with Crippen LogP contribution in [0.2, 0.25) is 0 Å². The van der Waals surface area contributed by atoms with Crippen LogP contribution in [0.4, 0.5) is 4.39 Å². The van der Waals surface area contributed by atoms with Crippen LogP contribution in [0, 0.1) is 24.6 Å². The SMILES string of the molecule is CCc1nc(-c2cc(F)c(OC)cc2C)cn1C(C1CC1)C1CC1. The molecule has 0 unspecified atom stereocenters. The predicted octanol–water partition coefficient (Wildman–Crippen LogP) is 4.93. The van der Waals surface area contributed by atoms with E-state index in [1.54, 1.807) is 12.1 Å². The molecular formula is C20H25FN2O. The maximum atomic E-state index is 14.2. The van der Waals surface area contributed by atoms with E-state index >= 15 is 0 Å². The number of benzene rings is 1. The van der Waals surface area contributed by atoms with E-state index in [0.29, 0.717) is 11.8 Å². The van der Waals surface area contributed by atoms with Crippen LogP contribution in [0.3, 0.4) is 0 Å². The summed E-state index contributed by atoms with van der Waals surface area (Å²) < 4.78 is 21.7. The number of rotatable bonds is 6. The summed E-state index contributed by atoms with van der Waals surface area (Å²) in [5.74, 6) is 2.73. The summed E-state index contributed by atoms with van der Waals surface area (Å²) in [6, 6.07) is 3.92. The molecule has 4 heteroatoms. The number of hydrogen-bond donors (Lipinski definition) is 0. The Kier molecular flexibility index (Phi) is 3.86. The van der Waals surface area contributed by atoms with Crippen LogP contribution >= 0.6 is 0 Å². The number of ether oxygens (including phenoxy) is 1. The highest BCUT2D eigenvalue weighted by Gasteiger charge is 2.43. The molecule has 1 aromatic carbocycles. The molecule has 0 bridgehead atoms. The average molecular weight is 328 g/mol. The van der Waals surface area contributed by atoms with Gasteiger partial charge in [-0.2, -0.15) is 0 Å². The van der Waals surface area contributed by atoms with Gasteiger partial charge in [0.15, 0.2) is 11.6 Å². The number of hydrogen-bond acceptors (Lipinski definition) is 2. The number of aromatic nitrogens is 2. The molecule has 1 aromatic heterocycles. The summed E-state index contributed by atoms with van der Waals surface area (Å²) in [5, 5.41) is 0. The second-order valence-corrected chi connectivity index (χ2v) is 7.27. The molecule has 4 rings (SSSR count). The van der Waals surface area contributed by atoms with Crippen molar-refractivity contribution >= 4 is 0 Å². The van der Waals surface area contributed by atoms with Gasteiger partial charge in [-0.15, -0.1) is 0 Å². The smallest absolute Gasteiger partial charge is 0.165 e. The van der Waals surface area contributed by atoms with E-state index in [1.807, 2.05) is 6.92 Å². The lowest BCUT2D eigenvalue weighted by atomic mass is 10.0. The van der Waals surface area contributed by atoms with E-state index in [1.165, 1.54) is 32.8 Å². The fraction of sp³-hybridized carbons (Fsp3) is 0.550. The van der Waals surface area contributed by atoms with Crippen LogP contribution in [0.25, 0.3) is 11.3 Å². The molecule has 0 N–H and O–H groups in total. The zero-order valence-electron chi connectivity index (χ0n) is 14.7. The van der Waals surface area contributed by atoms with Gasteiger partial charge in [0, 0.05) is 24.2 Å². The summed E-state index contributed by atoms with van der Waals surface area (Å²) in [6.45, 7) is 4.14. The van der Waals surface area contributed by atoms with Gasteiger partial charge in [-0.05, 0) is 62.1 Å². The lowest BCUT2D eigenvalue weighted by Crippen LogP contribution is -2.15. The average Bonchev–Trinajstić information content (AvgIpc) is 3.49. The number of halogens is 1. The highest BCUT2D eigenvalue weighted by atomic mass is 19.1. The standard InChI is InChI=1S/C20H25FN2O/c1-4-19-22-17(15-10-16(21)18(24-3)9-12(15)2)11-23(19)20(13-5-6-13)14-7-8-14/h9-11,13-14,20H,4-8H2,1-3H3. The molecule has 2 aliphatic rings. The molecule has 2 saturated carbocycles. The third-order valence-corrected chi connectivity index (χ3v) is 5.43. The van der Waals surface area contributed by atoms with Crippen LogP contribution in [-0.2, 0) is 6.42 Å². The van der Waals surface area contributed by atoms with Crippen molar-refractivity contribution in [3.05, 3.63) is 35.5 Å². The Bertz CT molecular complexity index is 747. The topological polar surface area (TPSA) is 27.1 Å². The molecule has 0 atom stereocenters. The second-order valence-electron chi connectivity index (χ2n) is 7.27. The highest BCUT2D eigenvalue weighted by molar-refractivity contribution is 5.65. The van der Waals surface area contributed by atoms with Gasteiger partial charge in [0.05, 0.1) is 12.8 Å². The summed E-state index contributed by atoms with van der Waals surface area (Å²) in [6.07, 6.45) is 8.44. The number of methoxy groups -OCH3 is 1. The third-order valence-electron chi connectivity index (χ3n) is 5.43. The first kappa shape index (κ1) is 15.7. The first-order valence-electron chi connectivity index (χ1n) is 9.04. The van der Waals surface area contributed by atoms with E-state index in [9.17, 15) is 4.39 Å². The minimum atomic E-state index is -0.327. The van der Waals surface area contributed by atoms with Gasteiger partial charge in [0.25, 0.3) is 0 Å². The zero-order chi connectivity index (χ0) is 16.8. The fourth-order valence-electron chi connectivity index (χ4n) is 3.88. The van der Waals surface area contributed by atoms with Crippen molar-refractivity contribution in [3.8, 4) is 17.0 Å². The Balaban J connectivity index is 1.75. The maximum absolute atomic E-state index is 14.2. The Morgan fingerprint density at radius 2 is 1.92 bits per heavy atom. The van der Waals surface area contributed by atoms with Gasteiger partial charge in [-0.25, -0.2) is 9.37 Å². The highest BCUT2D eigenvalue weighted by Crippen LogP contribution is 2.52. The molecule has 2 aromatic rings. The summed E-state index contributed by atoms with van der Waals surface area (Å²) in [5.41, 5.74) is 2.75. The lowest BCUT2D eigenvalue weighted by Gasteiger charge is -2.19. The first-order chi connectivity index (χ1) is 11.6. The second kappa shape index (κ2) is 5.91. The van der Waals surface area contributed by atoms with E-state index in [-0.39, 0.29) is 5.82 Å². The van der Waals surface area contributed by atoms with E-state index in [4.69, 9.17) is 9.72 Å². The van der Waals surface area contributed by atoms with Gasteiger partial charge < -0.3 is 9.30 Å². The van der Waals surface area contributed by atoms with Crippen LogP contribution in [0.1, 0.15) is 50.0 Å². The summed E-state index contributed by atoms with van der Waals surface area (Å²) >= 11 is 0. The van der Waals surface area contributed by atoms with Gasteiger partial charge in [-0.1, -0.05) is 6.92 Å². The number of imidazole rings is 1. The van der Waals surface area contributed by atoms with Gasteiger partial charge in [0.2, 0.25) is 0 Å². The quantitative estimate of drug-likeness (QED) is 0.752. The van der Waals surface area contributed by atoms with Crippen molar-refractivity contribution in [1.29, 1.82) is 0 Å². The van der Waals surface area contributed by atoms with E-state index in [0.717, 1.165) is 40.9 Å². The van der Waals surface area contributed by atoms with E-state index < -0.39 is 0 Å². The Morgan fingerprint density at radius 3 is 2.46 bits per heavy atom. The molecular weight excluding hydrogens is 303 g/mol. The van der Waals surface area contributed by atoms with Gasteiger partial charge >= 0.3 is 0 Å². The summed E-state index contributed by atoms with van der Waals surface area (Å²) in [4.78, 5) is 4.85. The molecule has 0 spiro atoms. The van der Waals surface area contributed by atoms with Crippen LogP contribution in [0.5, 0.6) is 5.75 Å². The molecule has 0 radical (unpaired) electrons. The number of nitrogens with zero attached hydrogens (tertiary/aromatic N) is 2. The van der Waals surface area contributed by atoms with Crippen molar-refractivity contribution in [2.24, 2.45) is 11.8 Å². The first-order valence-corrected chi connectivity index (χ1v) is 9.04. The fourth-order valence-corrected chi connectivity index (χ4v) is 3.88. The van der Waals surface area contributed by atoms with Gasteiger partial charge in [-0.3, -0.25) is 0 Å². The van der Waals surface area contributed by atoms with Crippen molar-refractivity contribution < 1.29 is 9.13 Å². The van der Waals surface area contributed by atoms with Crippen molar-refractivity contribution in [2.45, 2.75) is 52.0 Å². The van der Waals surface area contributed by atoms with E-state index in [2.05, 4.69) is 17.7 Å². The molecule has 2 aliphatic carbocycles. The lowest BCUT2D eigenvalue weighted by molar-refractivity contribution is 0.384. The van der Waals surface area contributed by atoms with Crippen molar-refractivity contribution in [3.63, 3.8) is 0 Å². The molecule has 0 aliphatic heterocycles. The third kappa shape index (κ3) is 2.72. The zero-order valence-corrected chi connectivity index (χ0v) is 14.7. The van der Waals surface area contributed by atoms with Crippen LogP contribution in [-0.4, -0.2) is 16.7 Å².